The van der Waals surface area contributed by atoms with Crippen molar-refractivity contribution in [1.29, 1.82) is 0 Å². The molecule has 3 atom stereocenters. The molecule has 2 heterocycles. The Kier molecular flexibility index (Phi) is 17.1. The molecule has 11 nitrogen and oxygen atoms in total. The molecule has 0 bridgehead atoms. The Morgan fingerprint density at radius 1 is 1.02 bits per heavy atom. The topological polar surface area (TPSA) is 158 Å². The van der Waals surface area contributed by atoms with E-state index in [1.54, 1.807) is 0 Å². The van der Waals surface area contributed by atoms with Crippen LogP contribution in [0.2, 0.25) is 0 Å². The average Bonchev–Trinajstić information content (AvgIpc) is 3.23. The van der Waals surface area contributed by atoms with Crippen LogP contribution in [0.5, 0.6) is 0 Å². The van der Waals surface area contributed by atoms with Gasteiger partial charge in [0.1, 0.15) is 18.5 Å². The number of hydrogen-bond acceptors (Lipinski definition) is 8. The van der Waals surface area contributed by atoms with Crippen molar-refractivity contribution in [2.75, 3.05) is 25.4 Å². The third kappa shape index (κ3) is 14.0. The molecule has 1 aliphatic heterocycles. The maximum atomic E-state index is 14.5. The summed E-state index contributed by atoms with van der Waals surface area (Å²) in [5, 5.41) is 15.0. The van der Waals surface area contributed by atoms with Crippen LogP contribution < -0.4 is 22.1 Å². The molecule has 1 aromatic rings. The molecule has 3 unspecified atom stereocenters. The monoisotopic (exact) mass is 633 g/mol. The molecular weight excluding hydrogens is 588 g/mol. The molecule has 2 amide bonds. The lowest BCUT2D eigenvalue weighted by atomic mass is 10.1. The molecule has 13 heteroatoms. The van der Waals surface area contributed by atoms with Gasteiger partial charge in [0, 0.05) is 25.7 Å². The standard InChI is InChI=1S/C32H45F2N5O6/c1-2-3-4-5-6-7-8-9-10-11-12-13-14-15-16-17-18-19-27(40)36-21-22-37-31(43)44-24-25-28(41)32(33,34)29(45-25)39-23-20-26(35)38-30(39)42/h3-4,6-7,9-10,12-13,15-16,20,23,25,28-29,41H,2,5,8,11,14,17-19,21-22,24H2,1H3,(H,36,40)(H,37,43)(H2,35,38,42). The number of allylic oxidation sites excluding steroid dienone is 10. The second-order valence-electron chi connectivity index (χ2n) is 10.2. The van der Waals surface area contributed by atoms with Crippen molar-refractivity contribution in [2.24, 2.45) is 0 Å². The number of alkyl carbamates (subject to hydrolysis) is 1. The largest absolute Gasteiger partial charge is 0.447 e. The molecule has 2 rings (SSSR count). The van der Waals surface area contributed by atoms with Crippen molar-refractivity contribution in [3.63, 3.8) is 0 Å². The number of alkyl halides is 2. The minimum absolute atomic E-state index is 0.0404. The highest BCUT2D eigenvalue weighted by atomic mass is 19.3. The molecule has 0 spiro atoms. The van der Waals surface area contributed by atoms with Crippen molar-refractivity contribution in [3.05, 3.63) is 83.5 Å². The van der Waals surface area contributed by atoms with Gasteiger partial charge in [-0.15, -0.1) is 0 Å². The van der Waals surface area contributed by atoms with Crippen LogP contribution in [0.4, 0.5) is 19.4 Å². The lowest BCUT2D eigenvalue weighted by molar-refractivity contribution is -0.140. The first-order chi connectivity index (χ1) is 21.7. The molecule has 1 aromatic heterocycles. The molecule has 248 valence electrons. The van der Waals surface area contributed by atoms with Crippen LogP contribution in [-0.4, -0.2) is 64.5 Å². The maximum Gasteiger partial charge on any atom is 0.407 e. The van der Waals surface area contributed by atoms with Crippen LogP contribution in [0, 0.1) is 0 Å². The third-order valence-corrected chi connectivity index (χ3v) is 6.51. The molecule has 45 heavy (non-hydrogen) atoms. The predicted octanol–water partition coefficient (Wildman–Crippen LogP) is 4.48. The number of amides is 2. The van der Waals surface area contributed by atoms with E-state index in [1.165, 1.54) is 0 Å². The normalized spacial score (nSPS) is 19.9. The first kappa shape index (κ1) is 37.1. The van der Waals surface area contributed by atoms with E-state index in [1.807, 2.05) is 6.08 Å². The second kappa shape index (κ2) is 20.8. The molecule has 0 aliphatic carbocycles. The Balaban J connectivity index is 1.51. The molecule has 0 aromatic carbocycles. The first-order valence-electron chi connectivity index (χ1n) is 15.1. The second-order valence-corrected chi connectivity index (χ2v) is 10.2. The number of aliphatic hydroxyl groups is 1. The summed E-state index contributed by atoms with van der Waals surface area (Å²) >= 11 is 0. The number of unbranched alkanes of at least 4 members (excludes halogenated alkanes) is 1. The molecule has 0 radical (unpaired) electrons. The summed E-state index contributed by atoms with van der Waals surface area (Å²) in [6.07, 6.45) is 21.7. The van der Waals surface area contributed by atoms with Gasteiger partial charge in [-0.05, 0) is 51.0 Å². The molecule has 1 aliphatic rings. The Morgan fingerprint density at radius 3 is 2.20 bits per heavy atom. The summed E-state index contributed by atoms with van der Waals surface area (Å²) in [5.41, 5.74) is 4.29. The highest BCUT2D eigenvalue weighted by molar-refractivity contribution is 5.75. The van der Waals surface area contributed by atoms with Crippen molar-refractivity contribution in [1.82, 2.24) is 20.2 Å². The van der Waals surface area contributed by atoms with Crippen LogP contribution in [0.3, 0.4) is 0 Å². The Labute approximate surface area is 262 Å². The van der Waals surface area contributed by atoms with E-state index in [0.29, 0.717) is 17.4 Å². The van der Waals surface area contributed by atoms with Gasteiger partial charge in [-0.2, -0.15) is 13.8 Å². The number of nitrogens with zero attached hydrogens (tertiary/aromatic N) is 2. The molecular formula is C32H45F2N5O6. The first-order valence-corrected chi connectivity index (χ1v) is 15.1. The molecule has 0 saturated carbocycles. The smallest absolute Gasteiger partial charge is 0.407 e. The van der Waals surface area contributed by atoms with Gasteiger partial charge < -0.3 is 30.9 Å². The lowest BCUT2D eigenvalue weighted by Crippen LogP contribution is -2.42. The van der Waals surface area contributed by atoms with E-state index in [4.69, 9.17) is 15.2 Å². The van der Waals surface area contributed by atoms with Gasteiger partial charge >= 0.3 is 17.7 Å². The minimum Gasteiger partial charge on any atom is -0.447 e. The Morgan fingerprint density at radius 2 is 1.60 bits per heavy atom. The van der Waals surface area contributed by atoms with E-state index < -0.39 is 42.7 Å². The number of rotatable bonds is 19. The van der Waals surface area contributed by atoms with Gasteiger partial charge in [0.15, 0.2) is 6.10 Å². The number of nitrogens with one attached hydrogen (secondary N) is 2. The Hall–Kier alpha value is -4.10. The van der Waals surface area contributed by atoms with E-state index >= 15 is 0 Å². The summed E-state index contributed by atoms with van der Waals surface area (Å²) in [6.45, 7) is 1.61. The van der Waals surface area contributed by atoms with Gasteiger partial charge in [0.05, 0.1) is 0 Å². The van der Waals surface area contributed by atoms with Crippen molar-refractivity contribution in [3.8, 4) is 0 Å². The SMILES string of the molecule is CCC=CCC=CCC=CCC=CCC=CCCCC(=O)NCCNC(=O)OCC1OC(n2ccc(N)nc2=O)C(F)(F)C1O. The third-order valence-electron chi connectivity index (χ3n) is 6.51. The molecule has 5 N–H and O–H groups in total. The van der Waals surface area contributed by atoms with Crippen LogP contribution in [0.1, 0.15) is 64.5 Å². The van der Waals surface area contributed by atoms with E-state index in [0.717, 1.165) is 50.8 Å². The van der Waals surface area contributed by atoms with Gasteiger partial charge in [0.25, 0.3) is 0 Å². The maximum absolute atomic E-state index is 14.5. The zero-order valence-corrected chi connectivity index (χ0v) is 25.7. The summed E-state index contributed by atoms with van der Waals surface area (Å²) in [5.74, 6) is -4.18. The number of anilines is 1. The van der Waals surface area contributed by atoms with Gasteiger partial charge in [-0.1, -0.05) is 67.7 Å². The number of hydrogen-bond donors (Lipinski definition) is 4. The van der Waals surface area contributed by atoms with Crippen LogP contribution >= 0.6 is 0 Å². The van der Waals surface area contributed by atoms with Crippen molar-refractivity contribution >= 4 is 17.8 Å². The minimum atomic E-state index is -3.86. The summed E-state index contributed by atoms with van der Waals surface area (Å²) < 4.78 is 39.6. The summed E-state index contributed by atoms with van der Waals surface area (Å²) in [7, 11) is 0. The number of nitrogens with two attached hydrogens (primary N) is 1. The number of halogens is 2. The number of carbonyl (C=O) groups is 2. The van der Waals surface area contributed by atoms with Gasteiger partial charge in [-0.3, -0.25) is 9.36 Å². The predicted molar refractivity (Wildman–Crippen MR) is 168 cm³/mol. The molecule has 1 saturated heterocycles. The van der Waals surface area contributed by atoms with E-state index in [-0.39, 0.29) is 24.8 Å². The number of carbonyl (C=O) groups excluding carboxylic acids is 2. The quantitative estimate of drug-likeness (QED) is 0.128. The van der Waals surface area contributed by atoms with Crippen LogP contribution in [0.25, 0.3) is 0 Å². The zero-order valence-electron chi connectivity index (χ0n) is 25.7. The number of aliphatic hydroxyl groups excluding tert-OH is 1. The van der Waals surface area contributed by atoms with Crippen molar-refractivity contribution in [2.45, 2.75) is 82.6 Å². The summed E-state index contributed by atoms with van der Waals surface area (Å²) in [6, 6.07) is 1.13. The van der Waals surface area contributed by atoms with Crippen LogP contribution in [0.15, 0.2) is 77.8 Å². The number of nitrogen functional groups attached to an aromatic ring is 1. The fraction of sp³-hybridized carbons (Fsp3) is 0.500. The number of ether oxygens (including phenoxy) is 2. The van der Waals surface area contributed by atoms with Crippen LogP contribution in [-0.2, 0) is 14.3 Å². The zero-order chi connectivity index (χ0) is 32.9. The van der Waals surface area contributed by atoms with Crippen molar-refractivity contribution < 1.29 is 33.0 Å². The number of aromatic nitrogens is 2. The Bertz CT molecular complexity index is 1260. The summed E-state index contributed by atoms with van der Waals surface area (Å²) in [4.78, 5) is 39.2. The van der Waals surface area contributed by atoms with E-state index in [2.05, 4.69) is 77.2 Å². The highest BCUT2D eigenvalue weighted by Gasteiger charge is 2.60. The molecule has 1 fully saturated rings. The van der Waals surface area contributed by atoms with E-state index in [9.17, 15) is 28.3 Å². The fourth-order valence-corrected chi connectivity index (χ4v) is 4.12. The average molecular weight is 634 g/mol. The highest BCUT2D eigenvalue weighted by Crippen LogP contribution is 2.42. The fourth-order valence-electron chi connectivity index (χ4n) is 4.12. The lowest BCUT2D eigenvalue weighted by Gasteiger charge is -2.20. The van der Waals surface area contributed by atoms with Gasteiger partial charge in [0.2, 0.25) is 12.1 Å². The van der Waals surface area contributed by atoms with Gasteiger partial charge in [-0.25, -0.2) is 9.59 Å².